The Morgan fingerprint density at radius 3 is 2.43 bits per heavy atom. The highest BCUT2D eigenvalue weighted by molar-refractivity contribution is 5.85. The van der Waals surface area contributed by atoms with E-state index in [1.807, 2.05) is 0 Å². The molecule has 3 N–H and O–H groups in total. The maximum absolute atomic E-state index is 10.7. The Labute approximate surface area is 127 Å². The second-order valence-electron chi connectivity index (χ2n) is 4.19. The highest BCUT2D eigenvalue weighted by Crippen LogP contribution is 2.31. The summed E-state index contributed by atoms with van der Waals surface area (Å²) >= 11 is 0. The van der Waals surface area contributed by atoms with E-state index in [2.05, 4.69) is 15.5 Å². The largest absolute Gasteiger partial charge is 0.507 e. The van der Waals surface area contributed by atoms with E-state index in [1.54, 1.807) is 0 Å². The van der Waals surface area contributed by atoms with Crippen LogP contribution in [0.25, 0.3) is 0 Å². The van der Waals surface area contributed by atoms with E-state index in [0.717, 1.165) is 24.5 Å². The number of hydrazone groups is 1. The molecule has 0 aliphatic heterocycles. The fourth-order valence-corrected chi connectivity index (χ4v) is 1.56. The van der Waals surface area contributed by atoms with Crippen LogP contribution >= 0.6 is 0 Å². The van der Waals surface area contributed by atoms with Crippen molar-refractivity contribution in [3.05, 3.63) is 56.3 Å². The van der Waals surface area contributed by atoms with Crippen LogP contribution in [0.1, 0.15) is 5.56 Å². The highest BCUT2D eigenvalue weighted by Gasteiger charge is 2.16. The van der Waals surface area contributed by atoms with Crippen LogP contribution in [0.3, 0.4) is 0 Å². The van der Waals surface area contributed by atoms with E-state index in [9.17, 15) is 30.4 Å². The highest BCUT2D eigenvalue weighted by atomic mass is 16.6. The summed E-state index contributed by atoms with van der Waals surface area (Å²) in [4.78, 5) is 23.5. The minimum Gasteiger partial charge on any atom is -0.507 e. The third kappa shape index (κ3) is 3.66. The Hall–Kier alpha value is -3.76. The van der Waals surface area contributed by atoms with Crippen LogP contribution in [-0.4, -0.2) is 31.3 Å². The lowest BCUT2D eigenvalue weighted by atomic mass is 10.2. The number of benzene rings is 1. The molecule has 11 heteroatoms. The van der Waals surface area contributed by atoms with E-state index >= 15 is 0 Å². The number of hydrogen-bond acceptors (Lipinski definition) is 9. The van der Waals surface area contributed by atoms with Gasteiger partial charge in [0.05, 0.1) is 16.1 Å². The summed E-state index contributed by atoms with van der Waals surface area (Å²) in [6.07, 6.45) is 2.10. The Kier molecular flexibility index (Phi) is 4.31. The SMILES string of the molecule is O=[N+]([O-])c1ccc(N/N=C/c2cc([N+](=O)[O-])c(O)cc2O)nc1. The zero-order valence-electron chi connectivity index (χ0n) is 11.3. The van der Waals surface area contributed by atoms with Crippen molar-refractivity contribution in [3.63, 3.8) is 0 Å². The molecule has 0 aliphatic carbocycles. The summed E-state index contributed by atoms with van der Waals surface area (Å²) in [7, 11) is 0. The molecule has 0 fully saturated rings. The number of anilines is 1. The van der Waals surface area contributed by atoms with Crippen molar-refractivity contribution in [2.75, 3.05) is 5.43 Å². The lowest BCUT2D eigenvalue weighted by Gasteiger charge is -2.02. The monoisotopic (exact) mass is 319 g/mol. The van der Waals surface area contributed by atoms with Crippen LogP contribution in [0.2, 0.25) is 0 Å². The third-order valence-electron chi connectivity index (χ3n) is 2.66. The molecule has 0 amide bonds. The van der Waals surface area contributed by atoms with Crippen LogP contribution in [0.4, 0.5) is 17.2 Å². The molecule has 0 spiro atoms. The second kappa shape index (κ2) is 6.34. The van der Waals surface area contributed by atoms with Crippen LogP contribution in [0.5, 0.6) is 11.5 Å². The van der Waals surface area contributed by atoms with E-state index in [-0.39, 0.29) is 17.1 Å². The van der Waals surface area contributed by atoms with Gasteiger partial charge in [0.25, 0.3) is 5.69 Å². The Morgan fingerprint density at radius 2 is 1.87 bits per heavy atom. The van der Waals surface area contributed by atoms with Crippen LogP contribution in [0, 0.1) is 20.2 Å². The molecule has 0 saturated heterocycles. The summed E-state index contributed by atoms with van der Waals surface area (Å²) in [6, 6.07) is 4.30. The molecule has 1 heterocycles. The molecule has 11 nitrogen and oxygen atoms in total. The molecule has 0 atom stereocenters. The molecular formula is C12H9N5O6. The molecular weight excluding hydrogens is 310 g/mol. The van der Waals surface area contributed by atoms with Crippen molar-refractivity contribution in [1.82, 2.24) is 4.98 Å². The average molecular weight is 319 g/mol. The Morgan fingerprint density at radius 1 is 1.13 bits per heavy atom. The molecule has 2 aromatic rings. The number of aromatic hydroxyl groups is 2. The van der Waals surface area contributed by atoms with Crippen LogP contribution in [-0.2, 0) is 0 Å². The summed E-state index contributed by atoms with van der Waals surface area (Å²) < 4.78 is 0. The number of nitrogens with zero attached hydrogens (tertiary/aromatic N) is 4. The molecule has 23 heavy (non-hydrogen) atoms. The first-order valence-electron chi connectivity index (χ1n) is 5.98. The number of aromatic nitrogens is 1. The number of hydrogen-bond donors (Lipinski definition) is 3. The number of nitrogens with one attached hydrogen (secondary N) is 1. The molecule has 2 rings (SSSR count). The lowest BCUT2D eigenvalue weighted by molar-refractivity contribution is -0.385. The maximum atomic E-state index is 10.7. The van der Waals surface area contributed by atoms with Crippen molar-refractivity contribution in [1.29, 1.82) is 0 Å². The van der Waals surface area contributed by atoms with Crippen molar-refractivity contribution < 1.29 is 20.1 Å². The van der Waals surface area contributed by atoms with Crippen LogP contribution in [0.15, 0.2) is 35.6 Å². The second-order valence-corrected chi connectivity index (χ2v) is 4.19. The quantitative estimate of drug-likeness (QED) is 0.426. The number of pyridine rings is 1. The minimum atomic E-state index is -0.808. The van der Waals surface area contributed by atoms with E-state index in [4.69, 9.17) is 0 Å². The topological polar surface area (TPSA) is 164 Å². The van der Waals surface area contributed by atoms with Gasteiger partial charge in [0.1, 0.15) is 17.8 Å². The van der Waals surface area contributed by atoms with Crippen molar-refractivity contribution in [3.8, 4) is 11.5 Å². The van der Waals surface area contributed by atoms with Gasteiger partial charge >= 0.3 is 5.69 Å². The molecule has 0 saturated carbocycles. The van der Waals surface area contributed by atoms with Crippen LogP contribution < -0.4 is 5.43 Å². The van der Waals surface area contributed by atoms with Gasteiger partial charge in [0, 0.05) is 23.8 Å². The van der Waals surface area contributed by atoms with Gasteiger partial charge < -0.3 is 10.2 Å². The molecule has 0 aliphatic rings. The standard InChI is InChI=1S/C12H9N5O6/c18-10-4-11(19)9(17(22)23)3-7(10)5-14-15-12-2-1-8(6-13-12)16(20)21/h1-6,18-19H,(H,13,15)/b14-5+. The number of phenolic OH excluding ortho intramolecular Hbond substituents is 2. The molecule has 1 aromatic heterocycles. The molecule has 0 bridgehead atoms. The van der Waals surface area contributed by atoms with Crippen molar-refractivity contribution in [2.24, 2.45) is 5.10 Å². The first-order chi connectivity index (χ1) is 10.9. The lowest BCUT2D eigenvalue weighted by Crippen LogP contribution is -1.96. The summed E-state index contributed by atoms with van der Waals surface area (Å²) in [5, 5.41) is 43.8. The predicted octanol–water partition coefficient (Wildman–Crippen LogP) is 1.76. The van der Waals surface area contributed by atoms with E-state index in [1.165, 1.54) is 12.1 Å². The van der Waals surface area contributed by atoms with Gasteiger partial charge in [-0.25, -0.2) is 4.98 Å². The number of nitro benzene ring substituents is 1. The molecule has 118 valence electrons. The number of rotatable bonds is 5. The van der Waals surface area contributed by atoms with Gasteiger partial charge in [-0.2, -0.15) is 5.10 Å². The Balaban J connectivity index is 2.15. The molecule has 0 unspecified atom stereocenters. The first kappa shape index (κ1) is 15.6. The van der Waals surface area contributed by atoms with Gasteiger partial charge in [-0.05, 0) is 6.07 Å². The third-order valence-corrected chi connectivity index (χ3v) is 2.66. The number of nitro groups is 2. The predicted molar refractivity (Wildman–Crippen MR) is 78.5 cm³/mol. The smallest absolute Gasteiger partial charge is 0.311 e. The van der Waals surface area contributed by atoms with Gasteiger partial charge in [-0.1, -0.05) is 0 Å². The van der Waals surface area contributed by atoms with Crippen molar-refractivity contribution in [2.45, 2.75) is 0 Å². The molecule has 0 radical (unpaired) electrons. The zero-order valence-corrected chi connectivity index (χ0v) is 11.3. The van der Waals surface area contributed by atoms with E-state index < -0.39 is 27.0 Å². The minimum absolute atomic E-state index is 0.0103. The normalized spacial score (nSPS) is 10.6. The van der Waals surface area contributed by atoms with Crippen molar-refractivity contribution >= 4 is 23.4 Å². The summed E-state index contributed by atoms with van der Waals surface area (Å²) in [6.45, 7) is 0. The zero-order chi connectivity index (χ0) is 17.0. The Bertz CT molecular complexity index is 789. The van der Waals surface area contributed by atoms with Gasteiger partial charge in [-0.15, -0.1) is 0 Å². The van der Waals surface area contributed by atoms with Gasteiger partial charge in [-0.3, -0.25) is 25.7 Å². The summed E-state index contributed by atoms with van der Waals surface area (Å²) in [5.41, 5.74) is 1.66. The average Bonchev–Trinajstić information content (AvgIpc) is 2.49. The van der Waals surface area contributed by atoms with Gasteiger partial charge in [0.15, 0.2) is 5.75 Å². The summed E-state index contributed by atoms with van der Waals surface area (Å²) in [5.74, 6) is -0.885. The maximum Gasteiger partial charge on any atom is 0.311 e. The first-order valence-corrected chi connectivity index (χ1v) is 5.98. The fourth-order valence-electron chi connectivity index (χ4n) is 1.56. The van der Waals surface area contributed by atoms with E-state index in [0.29, 0.717) is 0 Å². The fraction of sp³-hybridized carbons (Fsp3) is 0. The molecule has 1 aromatic carbocycles. The number of phenols is 2. The van der Waals surface area contributed by atoms with Gasteiger partial charge in [0.2, 0.25) is 0 Å².